The topological polar surface area (TPSA) is 18.5 Å². The van der Waals surface area contributed by atoms with Gasteiger partial charge in [0, 0.05) is 11.0 Å². The number of ether oxygens (including phenoxy) is 2. The van der Waals surface area contributed by atoms with Crippen LogP contribution in [0.2, 0.25) is 0 Å². The maximum atomic E-state index is 13.1. The van der Waals surface area contributed by atoms with Crippen LogP contribution in [0.25, 0.3) is 0 Å². The van der Waals surface area contributed by atoms with Gasteiger partial charge in [-0.3, -0.25) is 0 Å². The molecule has 0 aliphatic heterocycles. The number of halogens is 2. The van der Waals surface area contributed by atoms with Gasteiger partial charge in [0.2, 0.25) is 0 Å². The molecule has 0 saturated heterocycles. The minimum Gasteiger partial charge on any atom is -0.379 e. The second-order valence-electron chi connectivity index (χ2n) is 4.54. The van der Waals surface area contributed by atoms with Crippen molar-refractivity contribution in [3.05, 3.63) is 35.6 Å². The van der Waals surface area contributed by atoms with Crippen LogP contribution < -0.4 is 0 Å². The fourth-order valence-electron chi connectivity index (χ4n) is 1.51. The van der Waals surface area contributed by atoms with Crippen LogP contribution in [-0.4, -0.2) is 24.2 Å². The van der Waals surface area contributed by atoms with Crippen LogP contribution in [-0.2, 0) is 9.47 Å². The quantitative estimate of drug-likeness (QED) is 0.394. The molecule has 0 radical (unpaired) electrons. The normalized spacial score (nSPS) is 12.9. The summed E-state index contributed by atoms with van der Waals surface area (Å²) >= 11 is 2.25. The van der Waals surface area contributed by atoms with Gasteiger partial charge in [0.25, 0.3) is 0 Å². The monoisotopic (exact) mass is 366 g/mol. The highest BCUT2D eigenvalue weighted by Gasteiger charge is 2.11. The van der Waals surface area contributed by atoms with Crippen molar-refractivity contribution in [2.24, 2.45) is 5.92 Å². The van der Waals surface area contributed by atoms with Crippen molar-refractivity contribution in [3.8, 4) is 0 Å². The van der Waals surface area contributed by atoms with Crippen LogP contribution in [0.1, 0.15) is 25.5 Å². The summed E-state index contributed by atoms with van der Waals surface area (Å²) in [5.74, 6) is 0.315. The lowest BCUT2D eigenvalue weighted by molar-refractivity contribution is 0.00811. The molecule has 1 aromatic carbocycles. The Kier molecular flexibility index (Phi) is 7.77. The molecular weight excluding hydrogens is 346 g/mol. The highest BCUT2D eigenvalue weighted by atomic mass is 127. The minimum atomic E-state index is -0.220. The van der Waals surface area contributed by atoms with E-state index in [1.54, 1.807) is 6.07 Å². The second kappa shape index (κ2) is 8.82. The number of hydrogen-bond donors (Lipinski definition) is 0. The van der Waals surface area contributed by atoms with E-state index in [9.17, 15) is 4.39 Å². The summed E-state index contributed by atoms with van der Waals surface area (Å²) in [7, 11) is 0. The van der Waals surface area contributed by atoms with Crippen LogP contribution in [0.3, 0.4) is 0 Å². The molecule has 4 heteroatoms. The van der Waals surface area contributed by atoms with Crippen LogP contribution in [0, 0.1) is 11.7 Å². The van der Waals surface area contributed by atoms with Crippen LogP contribution >= 0.6 is 22.6 Å². The molecule has 0 fully saturated rings. The molecule has 1 atom stereocenters. The van der Waals surface area contributed by atoms with E-state index in [1.165, 1.54) is 12.1 Å². The molecule has 0 aliphatic carbocycles. The smallest absolute Gasteiger partial charge is 0.123 e. The Balaban J connectivity index is 2.34. The summed E-state index contributed by atoms with van der Waals surface area (Å²) in [6.07, 6.45) is -0.0658. The van der Waals surface area contributed by atoms with Gasteiger partial charge < -0.3 is 9.47 Å². The zero-order chi connectivity index (χ0) is 13.4. The number of benzene rings is 1. The molecule has 0 spiro atoms. The molecule has 0 bridgehead atoms. The fourth-order valence-corrected chi connectivity index (χ4v) is 2.27. The van der Waals surface area contributed by atoms with Gasteiger partial charge >= 0.3 is 0 Å². The van der Waals surface area contributed by atoms with Gasteiger partial charge in [-0.05, 0) is 23.6 Å². The van der Waals surface area contributed by atoms with Crippen molar-refractivity contribution in [2.45, 2.75) is 20.0 Å². The molecule has 2 nitrogen and oxygen atoms in total. The van der Waals surface area contributed by atoms with Crippen molar-refractivity contribution in [2.75, 3.05) is 24.2 Å². The predicted octanol–water partition coefficient (Wildman–Crippen LogP) is 3.99. The fraction of sp³-hybridized carbons (Fsp3) is 0.571. The lowest BCUT2D eigenvalue weighted by atomic mass is 10.1. The third-order valence-electron chi connectivity index (χ3n) is 2.36. The molecule has 0 saturated carbocycles. The van der Waals surface area contributed by atoms with Crippen molar-refractivity contribution >= 4 is 22.6 Å². The molecule has 0 aliphatic rings. The molecule has 1 unspecified atom stereocenters. The average molecular weight is 366 g/mol. The van der Waals surface area contributed by atoms with E-state index in [0.717, 1.165) is 16.6 Å². The molecule has 102 valence electrons. The van der Waals surface area contributed by atoms with E-state index in [0.29, 0.717) is 19.1 Å². The molecule has 18 heavy (non-hydrogen) atoms. The number of alkyl halides is 1. The Labute approximate surface area is 122 Å². The Morgan fingerprint density at radius 3 is 2.67 bits per heavy atom. The van der Waals surface area contributed by atoms with E-state index in [1.807, 2.05) is 6.07 Å². The number of hydrogen-bond acceptors (Lipinski definition) is 2. The van der Waals surface area contributed by atoms with E-state index in [2.05, 4.69) is 36.4 Å². The highest BCUT2D eigenvalue weighted by Crippen LogP contribution is 2.20. The van der Waals surface area contributed by atoms with Crippen LogP contribution in [0.15, 0.2) is 24.3 Å². The Bertz CT molecular complexity index is 344. The van der Waals surface area contributed by atoms with Gasteiger partial charge in [0.05, 0.1) is 19.3 Å². The molecule has 0 N–H and O–H groups in total. The number of rotatable bonds is 8. The molecule has 0 aromatic heterocycles. The molecule has 1 rings (SSSR count). The molecule has 0 amide bonds. The average Bonchev–Trinajstić information content (AvgIpc) is 2.33. The van der Waals surface area contributed by atoms with E-state index < -0.39 is 0 Å². The first-order valence-corrected chi connectivity index (χ1v) is 7.66. The van der Waals surface area contributed by atoms with E-state index in [-0.39, 0.29) is 11.9 Å². The summed E-state index contributed by atoms with van der Waals surface area (Å²) in [4.78, 5) is 0. The summed E-state index contributed by atoms with van der Waals surface area (Å²) in [6, 6.07) is 6.57. The molecular formula is C14H20FIO2. The largest absolute Gasteiger partial charge is 0.379 e. The zero-order valence-corrected chi connectivity index (χ0v) is 13.0. The Morgan fingerprint density at radius 1 is 1.28 bits per heavy atom. The third kappa shape index (κ3) is 6.11. The van der Waals surface area contributed by atoms with Gasteiger partial charge in [-0.1, -0.05) is 48.6 Å². The van der Waals surface area contributed by atoms with Gasteiger partial charge in [0.15, 0.2) is 0 Å². The van der Waals surface area contributed by atoms with Crippen molar-refractivity contribution in [3.63, 3.8) is 0 Å². The van der Waals surface area contributed by atoms with Crippen molar-refractivity contribution in [1.82, 2.24) is 0 Å². The summed E-state index contributed by atoms with van der Waals surface area (Å²) < 4.78 is 25.1. The summed E-state index contributed by atoms with van der Waals surface area (Å²) in [5, 5.41) is 0. The van der Waals surface area contributed by atoms with E-state index >= 15 is 0 Å². The van der Waals surface area contributed by atoms with Crippen LogP contribution in [0.4, 0.5) is 4.39 Å². The van der Waals surface area contributed by atoms with Gasteiger partial charge in [-0.2, -0.15) is 0 Å². The highest BCUT2D eigenvalue weighted by molar-refractivity contribution is 14.1. The maximum absolute atomic E-state index is 13.1. The minimum absolute atomic E-state index is 0.0658. The van der Waals surface area contributed by atoms with Crippen molar-refractivity contribution < 1.29 is 13.9 Å². The lowest BCUT2D eigenvalue weighted by Crippen LogP contribution is -2.13. The summed E-state index contributed by atoms with van der Waals surface area (Å²) in [5.41, 5.74) is 0.883. The Morgan fingerprint density at radius 2 is 2.06 bits per heavy atom. The first-order valence-electron chi connectivity index (χ1n) is 6.14. The molecule has 1 aromatic rings. The van der Waals surface area contributed by atoms with Crippen molar-refractivity contribution in [1.29, 1.82) is 0 Å². The third-order valence-corrected chi connectivity index (χ3v) is 3.16. The van der Waals surface area contributed by atoms with Gasteiger partial charge in [-0.15, -0.1) is 0 Å². The maximum Gasteiger partial charge on any atom is 0.123 e. The molecule has 0 heterocycles. The van der Waals surface area contributed by atoms with Gasteiger partial charge in [-0.25, -0.2) is 4.39 Å². The van der Waals surface area contributed by atoms with Crippen LogP contribution in [0.5, 0.6) is 0 Å². The van der Waals surface area contributed by atoms with Gasteiger partial charge in [0.1, 0.15) is 5.82 Å². The summed E-state index contributed by atoms with van der Waals surface area (Å²) in [6.45, 7) is 6.10. The SMILES string of the molecule is CC(C)COCCOC(CI)c1cccc(F)c1. The first-order chi connectivity index (χ1) is 8.63. The second-order valence-corrected chi connectivity index (χ2v) is 5.42. The standard InChI is InChI=1S/C14H20FIO2/c1-11(2)10-17-6-7-18-14(9-16)12-4-3-5-13(15)8-12/h3-5,8,11,14H,6-7,9-10H2,1-2H3. The first kappa shape index (κ1) is 15.9. The lowest BCUT2D eigenvalue weighted by Gasteiger charge is -2.16. The zero-order valence-electron chi connectivity index (χ0n) is 10.9. The van der Waals surface area contributed by atoms with E-state index in [4.69, 9.17) is 9.47 Å². The Hall–Kier alpha value is -0.200. The predicted molar refractivity (Wildman–Crippen MR) is 79.6 cm³/mol.